The van der Waals surface area contributed by atoms with Crippen molar-refractivity contribution >= 4 is 17.2 Å². The monoisotopic (exact) mass is 290 g/mol. The van der Waals surface area contributed by atoms with E-state index in [0.717, 1.165) is 37.2 Å². The number of nitrogens with two attached hydrogens (primary N) is 1. The molecule has 1 amide bonds. The number of aryl methyl sites for hydroxylation is 3. The first-order chi connectivity index (χ1) is 9.69. The highest BCUT2D eigenvalue weighted by Crippen LogP contribution is 2.34. The van der Waals surface area contributed by atoms with Gasteiger partial charge in [-0.25, -0.2) is 4.98 Å². The first-order valence-corrected chi connectivity index (χ1v) is 7.87. The predicted molar refractivity (Wildman–Crippen MR) is 78.8 cm³/mol. The van der Waals surface area contributed by atoms with Crippen molar-refractivity contribution in [1.29, 1.82) is 0 Å². The van der Waals surface area contributed by atoms with E-state index in [2.05, 4.69) is 17.0 Å². The SMILES string of the molecule is CCCCn1cc(C(N)=O)c(-c2nc3c(s2)CCC3)n1. The summed E-state index contributed by atoms with van der Waals surface area (Å²) in [6.45, 7) is 2.94. The van der Waals surface area contributed by atoms with Crippen molar-refractivity contribution in [2.24, 2.45) is 5.73 Å². The zero-order chi connectivity index (χ0) is 14.1. The maximum absolute atomic E-state index is 11.6. The van der Waals surface area contributed by atoms with Crippen molar-refractivity contribution in [3.63, 3.8) is 0 Å². The van der Waals surface area contributed by atoms with Gasteiger partial charge < -0.3 is 5.73 Å². The van der Waals surface area contributed by atoms with E-state index >= 15 is 0 Å². The Labute approximate surface area is 121 Å². The summed E-state index contributed by atoms with van der Waals surface area (Å²) in [5.41, 5.74) is 7.77. The zero-order valence-electron chi connectivity index (χ0n) is 11.6. The fourth-order valence-corrected chi connectivity index (χ4v) is 3.63. The molecule has 2 heterocycles. The second-order valence-corrected chi connectivity index (χ2v) is 6.20. The smallest absolute Gasteiger partial charge is 0.252 e. The van der Waals surface area contributed by atoms with E-state index in [4.69, 9.17) is 5.73 Å². The summed E-state index contributed by atoms with van der Waals surface area (Å²) in [5, 5.41) is 5.35. The van der Waals surface area contributed by atoms with Gasteiger partial charge in [-0.3, -0.25) is 9.48 Å². The molecule has 6 heteroatoms. The van der Waals surface area contributed by atoms with E-state index in [-0.39, 0.29) is 0 Å². The first-order valence-electron chi connectivity index (χ1n) is 7.05. The van der Waals surface area contributed by atoms with E-state index in [9.17, 15) is 4.79 Å². The Hall–Kier alpha value is -1.69. The van der Waals surface area contributed by atoms with Crippen LogP contribution < -0.4 is 5.73 Å². The number of carbonyl (C=O) groups excluding carboxylic acids is 1. The molecule has 0 fully saturated rings. The number of rotatable bonds is 5. The second-order valence-electron chi connectivity index (χ2n) is 5.11. The summed E-state index contributed by atoms with van der Waals surface area (Å²) < 4.78 is 1.81. The van der Waals surface area contributed by atoms with Crippen molar-refractivity contribution in [3.8, 4) is 10.7 Å². The molecule has 0 saturated carbocycles. The van der Waals surface area contributed by atoms with Crippen molar-refractivity contribution in [1.82, 2.24) is 14.8 Å². The summed E-state index contributed by atoms with van der Waals surface area (Å²) in [7, 11) is 0. The van der Waals surface area contributed by atoms with Crippen LogP contribution in [0.5, 0.6) is 0 Å². The van der Waals surface area contributed by atoms with E-state index < -0.39 is 5.91 Å². The van der Waals surface area contributed by atoms with Crippen LogP contribution in [-0.4, -0.2) is 20.7 Å². The van der Waals surface area contributed by atoms with Gasteiger partial charge >= 0.3 is 0 Å². The molecule has 0 aliphatic heterocycles. The molecular weight excluding hydrogens is 272 g/mol. The van der Waals surface area contributed by atoms with Crippen LogP contribution in [-0.2, 0) is 19.4 Å². The number of unbranched alkanes of at least 4 members (excludes halogenated alkanes) is 1. The van der Waals surface area contributed by atoms with Crippen LogP contribution in [0.25, 0.3) is 10.7 Å². The lowest BCUT2D eigenvalue weighted by Crippen LogP contribution is -2.11. The zero-order valence-corrected chi connectivity index (χ0v) is 12.4. The molecule has 0 aromatic carbocycles. The van der Waals surface area contributed by atoms with Crippen LogP contribution in [0.2, 0.25) is 0 Å². The topological polar surface area (TPSA) is 73.8 Å². The Morgan fingerprint density at radius 2 is 2.35 bits per heavy atom. The van der Waals surface area contributed by atoms with Gasteiger partial charge in [0.05, 0.1) is 11.3 Å². The average molecular weight is 290 g/mol. The third kappa shape index (κ3) is 2.35. The van der Waals surface area contributed by atoms with Gasteiger partial charge in [0.25, 0.3) is 5.91 Å². The summed E-state index contributed by atoms with van der Waals surface area (Å²) in [4.78, 5) is 17.6. The minimum Gasteiger partial charge on any atom is -0.365 e. The van der Waals surface area contributed by atoms with Gasteiger partial charge in [-0.05, 0) is 25.7 Å². The lowest BCUT2D eigenvalue weighted by Gasteiger charge is -1.97. The summed E-state index contributed by atoms with van der Waals surface area (Å²) >= 11 is 1.65. The predicted octanol–water partition coefficient (Wildman–Crippen LogP) is 2.39. The second kappa shape index (κ2) is 5.36. The molecule has 20 heavy (non-hydrogen) atoms. The van der Waals surface area contributed by atoms with Crippen molar-refractivity contribution in [2.45, 2.75) is 45.6 Å². The van der Waals surface area contributed by atoms with Crippen LogP contribution in [0.15, 0.2) is 6.20 Å². The highest BCUT2D eigenvalue weighted by molar-refractivity contribution is 7.15. The quantitative estimate of drug-likeness (QED) is 0.918. The van der Waals surface area contributed by atoms with E-state index in [1.54, 1.807) is 17.5 Å². The standard InChI is InChI=1S/C14H18N4OS/c1-2-3-7-18-8-9(13(15)19)12(17-18)14-16-10-5-4-6-11(10)20-14/h8H,2-7H2,1H3,(H2,15,19). The highest BCUT2D eigenvalue weighted by atomic mass is 32.1. The molecule has 0 spiro atoms. The third-order valence-electron chi connectivity index (χ3n) is 3.57. The molecular formula is C14H18N4OS. The van der Waals surface area contributed by atoms with Gasteiger partial charge in [-0.2, -0.15) is 5.10 Å². The van der Waals surface area contributed by atoms with Crippen LogP contribution in [0.1, 0.15) is 47.1 Å². The van der Waals surface area contributed by atoms with Crippen molar-refractivity contribution < 1.29 is 4.79 Å². The van der Waals surface area contributed by atoms with Crippen LogP contribution in [0.4, 0.5) is 0 Å². The van der Waals surface area contributed by atoms with E-state index in [0.29, 0.717) is 11.3 Å². The van der Waals surface area contributed by atoms with Crippen LogP contribution in [0.3, 0.4) is 0 Å². The number of carbonyl (C=O) groups is 1. The molecule has 0 saturated heterocycles. The van der Waals surface area contributed by atoms with Gasteiger partial charge in [0, 0.05) is 17.6 Å². The largest absolute Gasteiger partial charge is 0.365 e. The van der Waals surface area contributed by atoms with Gasteiger partial charge in [-0.1, -0.05) is 13.3 Å². The normalized spacial score (nSPS) is 13.7. The molecule has 0 unspecified atom stereocenters. The van der Waals surface area contributed by atoms with Gasteiger partial charge in [-0.15, -0.1) is 11.3 Å². The van der Waals surface area contributed by atoms with Crippen molar-refractivity contribution in [2.75, 3.05) is 0 Å². The van der Waals surface area contributed by atoms with E-state index in [1.165, 1.54) is 17.0 Å². The minimum atomic E-state index is -0.432. The molecule has 3 rings (SSSR count). The number of fused-ring (bicyclic) bond motifs is 1. The molecule has 2 N–H and O–H groups in total. The Kier molecular flexibility index (Phi) is 3.56. The van der Waals surface area contributed by atoms with Crippen molar-refractivity contribution in [3.05, 3.63) is 22.3 Å². The van der Waals surface area contributed by atoms with Gasteiger partial charge in [0.2, 0.25) is 0 Å². The van der Waals surface area contributed by atoms with Crippen LogP contribution in [0, 0.1) is 0 Å². The number of amides is 1. The maximum atomic E-state index is 11.6. The lowest BCUT2D eigenvalue weighted by molar-refractivity contribution is 0.100. The minimum absolute atomic E-state index is 0.432. The summed E-state index contributed by atoms with van der Waals surface area (Å²) in [6.07, 6.45) is 7.19. The molecule has 0 radical (unpaired) electrons. The number of thiazole rings is 1. The Morgan fingerprint density at radius 1 is 1.50 bits per heavy atom. The molecule has 0 atom stereocenters. The number of hydrogen-bond acceptors (Lipinski definition) is 4. The molecule has 2 aromatic heterocycles. The fourth-order valence-electron chi connectivity index (χ4n) is 2.49. The van der Waals surface area contributed by atoms with Crippen LogP contribution >= 0.6 is 11.3 Å². The molecule has 106 valence electrons. The third-order valence-corrected chi connectivity index (χ3v) is 4.73. The first kappa shape index (κ1) is 13.3. The molecule has 1 aliphatic rings. The molecule has 1 aliphatic carbocycles. The van der Waals surface area contributed by atoms with E-state index in [1.807, 2.05) is 4.68 Å². The van der Waals surface area contributed by atoms with Gasteiger partial charge in [0.1, 0.15) is 10.7 Å². The molecule has 2 aromatic rings. The Bertz CT molecular complexity index is 622. The Morgan fingerprint density at radius 3 is 3.05 bits per heavy atom. The maximum Gasteiger partial charge on any atom is 0.252 e. The molecule has 0 bridgehead atoms. The Balaban J connectivity index is 1.97. The highest BCUT2D eigenvalue weighted by Gasteiger charge is 2.22. The lowest BCUT2D eigenvalue weighted by atomic mass is 10.2. The summed E-state index contributed by atoms with van der Waals surface area (Å²) in [5.74, 6) is -0.432. The average Bonchev–Trinajstić information content (AvgIpc) is 3.08. The number of aromatic nitrogens is 3. The number of nitrogens with zero attached hydrogens (tertiary/aromatic N) is 3. The summed E-state index contributed by atoms with van der Waals surface area (Å²) in [6, 6.07) is 0. The molecule has 5 nitrogen and oxygen atoms in total. The van der Waals surface area contributed by atoms with Gasteiger partial charge in [0.15, 0.2) is 0 Å². The fraction of sp³-hybridized carbons (Fsp3) is 0.500. The number of hydrogen-bond donors (Lipinski definition) is 1. The number of primary amides is 1.